The van der Waals surface area contributed by atoms with Crippen molar-refractivity contribution in [3.63, 3.8) is 0 Å². The highest BCUT2D eigenvalue weighted by atomic mass is 15.1. The summed E-state index contributed by atoms with van der Waals surface area (Å²) in [6.07, 6.45) is 1.19. The van der Waals surface area contributed by atoms with Crippen molar-refractivity contribution in [1.29, 1.82) is 0 Å². The predicted octanol–water partition coefficient (Wildman–Crippen LogP) is 4.42. The fraction of sp³-hybridized carbons (Fsp3) is 0.333. The lowest BCUT2D eigenvalue weighted by Crippen LogP contribution is -2.16. The van der Waals surface area contributed by atoms with Gasteiger partial charge in [0.15, 0.2) is 0 Å². The third kappa shape index (κ3) is 3.53. The largest absolute Gasteiger partial charge is 0.399 e. The first-order valence-electron chi connectivity index (χ1n) is 7.25. The van der Waals surface area contributed by atoms with E-state index in [1.165, 1.54) is 23.2 Å². The maximum absolute atomic E-state index is 5.72. The van der Waals surface area contributed by atoms with Crippen LogP contribution < -0.4 is 10.6 Å². The molecule has 0 radical (unpaired) electrons. The molecule has 0 saturated carbocycles. The van der Waals surface area contributed by atoms with Crippen molar-refractivity contribution in [3.05, 3.63) is 59.7 Å². The first-order chi connectivity index (χ1) is 9.60. The molecule has 2 rings (SSSR count). The van der Waals surface area contributed by atoms with E-state index in [2.05, 4.69) is 62.2 Å². The summed E-state index contributed by atoms with van der Waals surface area (Å²) < 4.78 is 0. The van der Waals surface area contributed by atoms with E-state index in [0.29, 0.717) is 5.92 Å². The van der Waals surface area contributed by atoms with Crippen LogP contribution in [-0.2, 0) is 6.54 Å². The molecule has 0 aliphatic carbocycles. The number of benzene rings is 2. The van der Waals surface area contributed by atoms with Crippen LogP contribution in [0.4, 0.5) is 11.4 Å². The Kier molecular flexibility index (Phi) is 4.67. The smallest absolute Gasteiger partial charge is 0.0426 e. The van der Waals surface area contributed by atoms with Gasteiger partial charge in [-0.3, -0.25) is 0 Å². The van der Waals surface area contributed by atoms with Crippen LogP contribution in [0.5, 0.6) is 0 Å². The zero-order valence-corrected chi connectivity index (χ0v) is 12.6. The van der Waals surface area contributed by atoms with Gasteiger partial charge in [-0.25, -0.2) is 0 Å². The molecule has 0 fully saturated rings. The number of hydrogen-bond donors (Lipinski definition) is 1. The summed E-state index contributed by atoms with van der Waals surface area (Å²) in [5, 5.41) is 0. The van der Waals surface area contributed by atoms with Gasteiger partial charge in [-0.1, -0.05) is 38.1 Å². The number of nitrogen functional groups attached to an aromatic ring is 1. The van der Waals surface area contributed by atoms with E-state index in [9.17, 15) is 0 Å². The summed E-state index contributed by atoms with van der Waals surface area (Å²) in [4.78, 5) is 2.23. The van der Waals surface area contributed by atoms with Crippen molar-refractivity contribution in [1.82, 2.24) is 0 Å². The van der Waals surface area contributed by atoms with Crippen molar-refractivity contribution in [2.75, 3.05) is 17.7 Å². The van der Waals surface area contributed by atoms with Crippen molar-refractivity contribution >= 4 is 11.4 Å². The highest BCUT2D eigenvalue weighted by Gasteiger charge is 2.05. The molecule has 0 spiro atoms. The normalized spacial score (nSPS) is 12.2. The number of rotatable bonds is 5. The molecule has 20 heavy (non-hydrogen) atoms. The van der Waals surface area contributed by atoms with Crippen LogP contribution in [0.1, 0.15) is 37.3 Å². The quantitative estimate of drug-likeness (QED) is 0.813. The van der Waals surface area contributed by atoms with Gasteiger partial charge in [0, 0.05) is 25.0 Å². The second-order valence-corrected chi connectivity index (χ2v) is 5.50. The van der Waals surface area contributed by atoms with Gasteiger partial charge < -0.3 is 10.6 Å². The first kappa shape index (κ1) is 14.4. The van der Waals surface area contributed by atoms with Crippen LogP contribution >= 0.6 is 0 Å². The summed E-state index contributed by atoms with van der Waals surface area (Å²) in [6, 6.07) is 17.0. The Morgan fingerprint density at radius 1 is 1.00 bits per heavy atom. The molecule has 1 unspecified atom stereocenters. The van der Waals surface area contributed by atoms with E-state index >= 15 is 0 Å². The Labute approximate surface area is 122 Å². The van der Waals surface area contributed by atoms with Gasteiger partial charge in [-0.05, 0) is 47.7 Å². The molecule has 0 bridgehead atoms. The van der Waals surface area contributed by atoms with E-state index in [1.807, 2.05) is 12.1 Å². The van der Waals surface area contributed by atoms with Gasteiger partial charge in [0.2, 0.25) is 0 Å². The number of anilines is 2. The minimum atomic E-state index is 0.638. The van der Waals surface area contributed by atoms with Gasteiger partial charge >= 0.3 is 0 Å². The van der Waals surface area contributed by atoms with Crippen LogP contribution in [-0.4, -0.2) is 7.05 Å². The Morgan fingerprint density at radius 2 is 1.60 bits per heavy atom. The molecule has 106 valence electrons. The third-order valence-corrected chi connectivity index (χ3v) is 3.91. The molecule has 0 aliphatic rings. The minimum Gasteiger partial charge on any atom is -0.399 e. The van der Waals surface area contributed by atoms with E-state index < -0.39 is 0 Å². The lowest BCUT2D eigenvalue weighted by Gasteiger charge is -2.20. The summed E-state index contributed by atoms with van der Waals surface area (Å²) >= 11 is 0. The van der Waals surface area contributed by atoms with E-state index in [-0.39, 0.29) is 0 Å². The summed E-state index contributed by atoms with van der Waals surface area (Å²) in [6.45, 7) is 5.41. The number of hydrogen-bond acceptors (Lipinski definition) is 2. The van der Waals surface area contributed by atoms with Crippen LogP contribution in [0.25, 0.3) is 0 Å². The Bertz CT molecular complexity index is 528. The molecular formula is C18H24N2. The summed E-state index contributed by atoms with van der Waals surface area (Å²) in [5.41, 5.74) is 10.5. The van der Waals surface area contributed by atoms with Crippen LogP contribution in [0.2, 0.25) is 0 Å². The SMILES string of the molecule is CCC(C)c1ccc(CN(C)c2ccc(N)cc2)cc1. The van der Waals surface area contributed by atoms with Crippen LogP contribution in [0, 0.1) is 0 Å². The molecular weight excluding hydrogens is 244 g/mol. The van der Waals surface area contributed by atoms with Crippen molar-refractivity contribution in [2.24, 2.45) is 0 Å². The van der Waals surface area contributed by atoms with Crippen LogP contribution in [0.15, 0.2) is 48.5 Å². The standard InChI is InChI=1S/C18H24N2/c1-4-14(2)16-7-5-15(6-8-16)13-20(3)18-11-9-17(19)10-12-18/h5-12,14H,4,13,19H2,1-3H3. The molecule has 1 atom stereocenters. The third-order valence-electron chi connectivity index (χ3n) is 3.91. The average Bonchev–Trinajstić information content (AvgIpc) is 2.48. The highest BCUT2D eigenvalue weighted by molar-refractivity contribution is 5.52. The Hall–Kier alpha value is -1.96. The van der Waals surface area contributed by atoms with Crippen molar-refractivity contribution < 1.29 is 0 Å². The zero-order valence-electron chi connectivity index (χ0n) is 12.6. The maximum Gasteiger partial charge on any atom is 0.0426 e. The molecule has 2 aromatic rings. The monoisotopic (exact) mass is 268 g/mol. The van der Waals surface area contributed by atoms with Gasteiger partial charge in [-0.15, -0.1) is 0 Å². The average molecular weight is 268 g/mol. The van der Waals surface area contributed by atoms with Crippen LogP contribution in [0.3, 0.4) is 0 Å². The second-order valence-electron chi connectivity index (χ2n) is 5.50. The highest BCUT2D eigenvalue weighted by Crippen LogP contribution is 2.21. The lowest BCUT2D eigenvalue weighted by atomic mass is 9.97. The van der Waals surface area contributed by atoms with Gasteiger partial charge in [0.05, 0.1) is 0 Å². The molecule has 0 saturated heterocycles. The summed E-state index contributed by atoms with van der Waals surface area (Å²) in [7, 11) is 2.11. The second kappa shape index (κ2) is 6.47. The van der Waals surface area contributed by atoms with E-state index in [4.69, 9.17) is 5.73 Å². The van der Waals surface area contributed by atoms with Gasteiger partial charge in [0.25, 0.3) is 0 Å². The molecule has 2 nitrogen and oxygen atoms in total. The first-order valence-corrected chi connectivity index (χ1v) is 7.25. The van der Waals surface area contributed by atoms with E-state index in [1.54, 1.807) is 0 Å². The van der Waals surface area contributed by atoms with E-state index in [0.717, 1.165) is 12.2 Å². The molecule has 0 aromatic heterocycles. The molecule has 2 N–H and O–H groups in total. The molecule has 2 aromatic carbocycles. The minimum absolute atomic E-state index is 0.638. The zero-order chi connectivity index (χ0) is 14.5. The molecule has 0 aliphatic heterocycles. The lowest BCUT2D eigenvalue weighted by molar-refractivity contribution is 0.733. The summed E-state index contributed by atoms with van der Waals surface area (Å²) in [5.74, 6) is 0.638. The molecule has 2 heteroatoms. The number of nitrogens with two attached hydrogens (primary N) is 1. The van der Waals surface area contributed by atoms with Crippen molar-refractivity contribution in [2.45, 2.75) is 32.7 Å². The Morgan fingerprint density at radius 3 is 2.15 bits per heavy atom. The fourth-order valence-electron chi connectivity index (χ4n) is 2.28. The van der Waals surface area contributed by atoms with Gasteiger partial charge in [0.1, 0.15) is 0 Å². The van der Waals surface area contributed by atoms with Gasteiger partial charge in [-0.2, -0.15) is 0 Å². The Balaban J connectivity index is 2.04. The molecule has 0 heterocycles. The topological polar surface area (TPSA) is 29.3 Å². The number of nitrogens with zero attached hydrogens (tertiary/aromatic N) is 1. The van der Waals surface area contributed by atoms with Crippen molar-refractivity contribution in [3.8, 4) is 0 Å². The fourth-order valence-corrected chi connectivity index (χ4v) is 2.28. The maximum atomic E-state index is 5.72. The predicted molar refractivity (Wildman–Crippen MR) is 88.1 cm³/mol. The molecule has 0 amide bonds.